The minimum atomic E-state index is 0.101. The molecule has 3 aliphatic rings. The van der Waals surface area contributed by atoms with Crippen molar-refractivity contribution in [3.05, 3.63) is 83.9 Å². The summed E-state index contributed by atoms with van der Waals surface area (Å²) in [6, 6.07) is 21.8. The topological polar surface area (TPSA) is 20.2 Å². The van der Waals surface area contributed by atoms with Crippen LogP contribution in [0.5, 0.6) is 0 Å². The molecule has 1 nitrogen and oxygen atoms in total. The monoisotopic (exact) mass is 288 g/mol. The number of rotatable bonds is 3. The SMILES string of the molecule is OCC1[C@@]2(c3ccccc3)[C@H]3C=C[C@H](C3)[C@@]12c1ccccc1. The van der Waals surface area contributed by atoms with Crippen LogP contribution in [0.1, 0.15) is 17.5 Å². The van der Waals surface area contributed by atoms with Gasteiger partial charge in [0.1, 0.15) is 0 Å². The van der Waals surface area contributed by atoms with Crippen LogP contribution in [0.25, 0.3) is 0 Å². The molecule has 1 unspecified atom stereocenters. The molecule has 2 fully saturated rings. The summed E-state index contributed by atoms with van der Waals surface area (Å²) in [6.07, 6.45) is 6.06. The van der Waals surface area contributed by atoms with Gasteiger partial charge in [-0.25, -0.2) is 0 Å². The van der Waals surface area contributed by atoms with Gasteiger partial charge in [-0.2, -0.15) is 0 Å². The fourth-order valence-corrected chi connectivity index (χ4v) is 6.13. The van der Waals surface area contributed by atoms with Crippen LogP contribution in [-0.4, -0.2) is 11.7 Å². The number of hydrogen-bond donors (Lipinski definition) is 1. The lowest BCUT2D eigenvalue weighted by atomic mass is 9.75. The molecule has 0 aromatic heterocycles. The first-order valence-corrected chi connectivity index (χ1v) is 8.27. The smallest absolute Gasteiger partial charge is 0.0477 e. The van der Waals surface area contributed by atoms with Gasteiger partial charge in [0.25, 0.3) is 0 Å². The molecule has 5 atom stereocenters. The lowest BCUT2D eigenvalue weighted by molar-refractivity contribution is 0.236. The van der Waals surface area contributed by atoms with Crippen LogP contribution in [0.2, 0.25) is 0 Å². The third-order valence-electron chi connectivity index (χ3n) is 6.64. The first-order valence-electron chi connectivity index (χ1n) is 8.27. The molecule has 3 aliphatic carbocycles. The van der Waals surface area contributed by atoms with E-state index >= 15 is 0 Å². The molecule has 22 heavy (non-hydrogen) atoms. The predicted octanol–water partition coefficient (Wildman–Crippen LogP) is 3.69. The Kier molecular flexibility index (Phi) is 2.37. The highest BCUT2D eigenvalue weighted by Gasteiger charge is 2.85. The van der Waals surface area contributed by atoms with E-state index in [-0.39, 0.29) is 17.4 Å². The first kappa shape index (κ1) is 12.7. The molecule has 5 rings (SSSR count). The second kappa shape index (κ2) is 4.11. The molecule has 0 heterocycles. The summed E-state index contributed by atoms with van der Waals surface area (Å²) in [6.45, 7) is 0.276. The van der Waals surface area contributed by atoms with Gasteiger partial charge in [-0.05, 0) is 29.4 Å². The summed E-state index contributed by atoms with van der Waals surface area (Å²) in [5.74, 6) is 1.47. The van der Waals surface area contributed by atoms with E-state index in [0.717, 1.165) is 0 Å². The number of hydrogen-bond acceptors (Lipinski definition) is 1. The molecule has 1 N–H and O–H groups in total. The van der Waals surface area contributed by atoms with Gasteiger partial charge < -0.3 is 5.11 Å². The molecule has 110 valence electrons. The summed E-state index contributed by atoms with van der Waals surface area (Å²) in [5, 5.41) is 10.2. The number of fused-ring (bicyclic) bond motifs is 5. The van der Waals surface area contributed by atoms with Crippen LogP contribution in [0.3, 0.4) is 0 Å². The fraction of sp³-hybridized carbons (Fsp3) is 0.333. The molecular weight excluding hydrogens is 268 g/mol. The van der Waals surface area contributed by atoms with E-state index in [1.807, 2.05) is 0 Å². The summed E-state index contributed by atoms with van der Waals surface area (Å²) in [5.41, 5.74) is 3.03. The number of aliphatic hydroxyl groups excluding tert-OH is 1. The highest BCUT2D eigenvalue weighted by atomic mass is 16.3. The van der Waals surface area contributed by atoms with E-state index in [1.165, 1.54) is 17.5 Å². The van der Waals surface area contributed by atoms with Crippen LogP contribution in [0.4, 0.5) is 0 Å². The molecular formula is C21H20O. The van der Waals surface area contributed by atoms with Crippen molar-refractivity contribution >= 4 is 0 Å². The Hall–Kier alpha value is -1.86. The van der Waals surface area contributed by atoms with Crippen molar-refractivity contribution in [3.63, 3.8) is 0 Å². The second-order valence-corrected chi connectivity index (χ2v) is 7.04. The third kappa shape index (κ3) is 1.15. The van der Waals surface area contributed by atoms with E-state index in [2.05, 4.69) is 72.8 Å². The minimum absolute atomic E-state index is 0.101. The maximum atomic E-state index is 10.2. The molecule has 0 spiro atoms. The lowest BCUT2D eigenvalue weighted by Gasteiger charge is -2.28. The van der Waals surface area contributed by atoms with Crippen molar-refractivity contribution < 1.29 is 5.11 Å². The van der Waals surface area contributed by atoms with Gasteiger partial charge in [0.2, 0.25) is 0 Å². The van der Waals surface area contributed by atoms with Crippen LogP contribution in [-0.2, 0) is 10.8 Å². The Morgan fingerprint density at radius 2 is 1.23 bits per heavy atom. The van der Waals surface area contributed by atoms with Crippen LogP contribution < -0.4 is 0 Å². The van der Waals surface area contributed by atoms with Gasteiger partial charge in [-0.3, -0.25) is 0 Å². The van der Waals surface area contributed by atoms with E-state index in [1.54, 1.807) is 0 Å². The largest absolute Gasteiger partial charge is 0.396 e. The average molecular weight is 288 g/mol. The predicted molar refractivity (Wildman–Crippen MR) is 87.6 cm³/mol. The highest BCUT2D eigenvalue weighted by molar-refractivity contribution is 5.60. The van der Waals surface area contributed by atoms with Crippen LogP contribution in [0, 0.1) is 17.8 Å². The van der Waals surface area contributed by atoms with Crippen molar-refractivity contribution in [3.8, 4) is 0 Å². The quantitative estimate of drug-likeness (QED) is 0.854. The average Bonchev–Trinajstić information content (AvgIpc) is 2.85. The van der Waals surface area contributed by atoms with Crippen LogP contribution >= 0.6 is 0 Å². The van der Waals surface area contributed by atoms with E-state index in [0.29, 0.717) is 17.8 Å². The minimum Gasteiger partial charge on any atom is -0.396 e. The molecule has 2 bridgehead atoms. The van der Waals surface area contributed by atoms with Crippen molar-refractivity contribution in [2.75, 3.05) is 6.61 Å². The lowest BCUT2D eigenvalue weighted by Crippen LogP contribution is -2.26. The van der Waals surface area contributed by atoms with Gasteiger partial charge >= 0.3 is 0 Å². The summed E-state index contributed by atoms with van der Waals surface area (Å²) < 4.78 is 0. The molecule has 0 amide bonds. The number of aliphatic hydroxyl groups is 1. The second-order valence-electron chi connectivity index (χ2n) is 7.04. The van der Waals surface area contributed by atoms with Gasteiger partial charge in [-0.15, -0.1) is 0 Å². The van der Waals surface area contributed by atoms with Crippen LogP contribution in [0.15, 0.2) is 72.8 Å². The Morgan fingerprint density at radius 3 is 1.64 bits per heavy atom. The maximum Gasteiger partial charge on any atom is 0.0477 e. The van der Waals surface area contributed by atoms with Gasteiger partial charge in [0, 0.05) is 23.4 Å². The zero-order chi connectivity index (χ0) is 14.8. The third-order valence-corrected chi connectivity index (χ3v) is 6.64. The summed E-state index contributed by atoms with van der Waals surface area (Å²) in [4.78, 5) is 0. The Labute approximate surface area is 131 Å². The standard InChI is InChI=1S/C21H20O/c22-14-19-20(15-7-3-1-4-8-15)17-11-12-18(13-17)21(19,20)16-9-5-2-6-10-16/h1-12,17-19,22H,13-14H2/t17-,18+,19?,20+,21-. The zero-order valence-electron chi connectivity index (χ0n) is 12.5. The molecule has 2 aromatic carbocycles. The Bertz CT molecular complexity index is 674. The summed E-state index contributed by atoms with van der Waals surface area (Å²) in [7, 11) is 0. The molecule has 0 aliphatic heterocycles. The van der Waals surface area contributed by atoms with Crippen molar-refractivity contribution in [1.82, 2.24) is 0 Å². The van der Waals surface area contributed by atoms with Crippen molar-refractivity contribution in [1.29, 1.82) is 0 Å². The normalized spacial score (nSPS) is 40.7. The van der Waals surface area contributed by atoms with E-state index < -0.39 is 0 Å². The van der Waals surface area contributed by atoms with E-state index in [4.69, 9.17) is 0 Å². The van der Waals surface area contributed by atoms with Gasteiger partial charge in [0.15, 0.2) is 0 Å². The Balaban J connectivity index is 1.78. The van der Waals surface area contributed by atoms with Crippen molar-refractivity contribution in [2.24, 2.45) is 17.8 Å². The first-order chi connectivity index (χ1) is 10.9. The highest BCUT2D eigenvalue weighted by Crippen LogP contribution is 2.83. The molecule has 0 saturated heterocycles. The van der Waals surface area contributed by atoms with E-state index in [9.17, 15) is 5.11 Å². The maximum absolute atomic E-state index is 10.2. The molecule has 2 saturated carbocycles. The Morgan fingerprint density at radius 1 is 0.773 bits per heavy atom. The molecule has 0 radical (unpaired) electrons. The zero-order valence-corrected chi connectivity index (χ0v) is 12.5. The van der Waals surface area contributed by atoms with Gasteiger partial charge in [0.05, 0.1) is 0 Å². The fourth-order valence-electron chi connectivity index (χ4n) is 6.13. The number of benzene rings is 2. The van der Waals surface area contributed by atoms with Crippen molar-refractivity contribution in [2.45, 2.75) is 17.3 Å². The molecule has 2 aromatic rings. The summed E-state index contributed by atoms with van der Waals surface area (Å²) >= 11 is 0. The molecule has 1 heteroatoms. The number of allylic oxidation sites excluding steroid dienone is 2. The van der Waals surface area contributed by atoms with Gasteiger partial charge in [-0.1, -0.05) is 72.8 Å².